The molecule has 4 heteroatoms. The molecule has 0 saturated carbocycles. The molecule has 1 unspecified atom stereocenters. The fourth-order valence-corrected chi connectivity index (χ4v) is 2.47. The smallest absolute Gasteiger partial charge is 0.303 e. The standard InChI is InChI=1S/C12H19NO2S/c1-3-10-6-7-16-11(10)8-13-9(2)4-5-12(14)15/h6-7,9,13H,3-5,8H2,1-2H3,(H,14,15). The van der Waals surface area contributed by atoms with Gasteiger partial charge in [0.05, 0.1) is 0 Å². The molecule has 1 aromatic rings. The van der Waals surface area contributed by atoms with E-state index < -0.39 is 5.97 Å². The number of rotatable bonds is 7. The number of carboxylic acids is 1. The quantitative estimate of drug-likeness (QED) is 0.771. The summed E-state index contributed by atoms with van der Waals surface area (Å²) in [4.78, 5) is 11.8. The normalized spacial score (nSPS) is 12.6. The zero-order valence-electron chi connectivity index (χ0n) is 9.82. The number of aliphatic carboxylic acids is 1. The lowest BCUT2D eigenvalue weighted by Gasteiger charge is -2.12. The number of aryl methyl sites for hydroxylation is 1. The van der Waals surface area contributed by atoms with Crippen LogP contribution in [0.15, 0.2) is 11.4 Å². The largest absolute Gasteiger partial charge is 0.481 e. The SMILES string of the molecule is CCc1ccsc1CNC(C)CCC(=O)O. The Morgan fingerprint density at radius 1 is 1.62 bits per heavy atom. The van der Waals surface area contributed by atoms with Crippen molar-refractivity contribution in [2.75, 3.05) is 0 Å². The molecule has 0 fully saturated rings. The van der Waals surface area contributed by atoms with E-state index in [0.717, 1.165) is 13.0 Å². The Balaban J connectivity index is 2.31. The van der Waals surface area contributed by atoms with Crippen LogP contribution in [0.5, 0.6) is 0 Å². The number of hydrogen-bond donors (Lipinski definition) is 2. The van der Waals surface area contributed by atoms with E-state index in [9.17, 15) is 4.79 Å². The molecule has 0 aromatic carbocycles. The molecule has 90 valence electrons. The van der Waals surface area contributed by atoms with Crippen molar-refractivity contribution in [3.05, 3.63) is 21.9 Å². The minimum atomic E-state index is -0.723. The topological polar surface area (TPSA) is 49.3 Å². The van der Waals surface area contributed by atoms with Gasteiger partial charge in [-0.25, -0.2) is 0 Å². The molecule has 0 bridgehead atoms. The fourth-order valence-electron chi connectivity index (χ4n) is 1.55. The second kappa shape index (κ2) is 6.66. The summed E-state index contributed by atoms with van der Waals surface area (Å²) < 4.78 is 0. The Labute approximate surface area is 100 Å². The van der Waals surface area contributed by atoms with Crippen molar-refractivity contribution in [2.45, 2.75) is 45.7 Å². The third-order valence-electron chi connectivity index (χ3n) is 2.62. The van der Waals surface area contributed by atoms with Gasteiger partial charge in [0, 0.05) is 23.9 Å². The van der Waals surface area contributed by atoms with Gasteiger partial charge in [0.15, 0.2) is 0 Å². The van der Waals surface area contributed by atoms with E-state index in [1.165, 1.54) is 10.4 Å². The number of hydrogen-bond acceptors (Lipinski definition) is 3. The van der Waals surface area contributed by atoms with Gasteiger partial charge in [0.1, 0.15) is 0 Å². The van der Waals surface area contributed by atoms with E-state index in [1.807, 2.05) is 6.92 Å². The first kappa shape index (κ1) is 13.2. The molecule has 0 aliphatic carbocycles. The van der Waals surface area contributed by atoms with E-state index in [-0.39, 0.29) is 12.5 Å². The Morgan fingerprint density at radius 2 is 2.38 bits per heavy atom. The maximum absolute atomic E-state index is 10.4. The first-order valence-electron chi connectivity index (χ1n) is 5.64. The molecule has 0 radical (unpaired) electrons. The molecule has 0 saturated heterocycles. The maximum Gasteiger partial charge on any atom is 0.303 e. The van der Waals surface area contributed by atoms with Crippen LogP contribution in [-0.2, 0) is 17.8 Å². The highest BCUT2D eigenvalue weighted by Crippen LogP contribution is 2.17. The number of thiophene rings is 1. The molecule has 0 aliphatic heterocycles. The van der Waals surface area contributed by atoms with Crippen molar-refractivity contribution in [1.82, 2.24) is 5.32 Å². The summed E-state index contributed by atoms with van der Waals surface area (Å²) in [6.45, 7) is 5.03. The third kappa shape index (κ3) is 4.33. The molecule has 1 atom stereocenters. The van der Waals surface area contributed by atoms with Crippen LogP contribution < -0.4 is 5.32 Å². The van der Waals surface area contributed by atoms with Gasteiger partial charge >= 0.3 is 5.97 Å². The zero-order valence-corrected chi connectivity index (χ0v) is 10.6. The number of carboxylic acid groups (broad SMARTS) is 1. The summed E-state index contributed by atoms with van der Waals surface area (Å²) >= 11 is 1.76. The Morgan fingerprint density at radius 3 is 3.00 bits per heavy atom. The van der Waals surface area contributed by atoms with Crippen LogP contribution in [0.4, 0.5) is 0 Å². The molecular formula is C12H19NO2S. The summed E-state index contributed by atoms with van der Waals surface area (Å²) in [6.07, 6.45) is 1.98. The zero-order chi connectivity index (χ0) is 12.0. The van der Waals surface area contributed by atoms with Crippen molar-refractivity contribution in [2.24, 2.45) is 0 Å². The first-order chi connectivity index (χ1) is 7.63. The summed E-state index contributed by atoms with van der Waals surface area (Å²) in [7, 11) is 0. The Kier molecular flexibility index (Phi) is 5.49. The van der Waals surface area contributed by atoms with Crippen LogP contribution in [0, 0.1) is 0 Å². The molecule has 1 heterocycles. The van der Waals surface area contributed by atoms with Crippen molar-refractivity contribution in [1.29, 1.82) is 0 Å². The van der Waals surface area contributed by atoms with E-state index in [2.05, 4.69) is 23.7 Å². The summed E-state index contributed by atoms with van der Waals surface area (Å²) in [5.74, 6) is -0.723. The minimum Gasteiger partial charge on any atom is -0.481 e. The maximum atomic E-state index is 10.4. The highest BCUT2D eigenvalue weighted by atomic mass is 32.1. The average molecular weight is 241 g/mol. The van der Waals surface area contributed by atoms with Gasteiger partial charge in [-0.2, -0.15) is 0 Å². The van der Waals surface area contributed by atoms with E-state index in [0.29, 0.717) is 6.42 Å². The minimum absolute atomic E-state index is 0.235. The summed E-state index contributed by atoms with van der Waals surface area (Å²) in [5.41, 5.74) is 1.39. The predicted molar refractivity (Wildman–Crippen MR) is 66.9 cm³/mol. The van der Waals surface area contributed by atoms with Crippen LogP contribution in [0.3, 0.4) is 0 Å². The second-order valence-electron chi connectivity index (χ2n) is 3.94. The number of carbonyl (C=O) groups is 1. The number of nitrogens with one attached hydrogen (secondary N) is 1. The molecule has 0 aliphatic rings. The molecule has 1 aromatic heterocycles. The van der Waals surface area contributed by atoms with Gasteiger partial charge in [-0.3, -0.25) is 4.79 Å². The third-order valence-corrected chi connectivity index (χ3v) is 3.58. The van der Waals surface area contributed by atoms with Gasteiger partial charge in [0.25, 0.3) is 0 Å². The van der Waals surface area contributed by atoms with Crippen molar-refractivity contribution in [3.8, 4) is 0 Å². The highest BCUT2D eigenvalue weighted by Gasteiger charge is 2.07. The van der Waals surface area contributed by atoms with Gasteiger partial charge in [-0.05, 0) is 36.8 Å². The molecule has 1 rings (SSSR count). The van der Waals surface area contributed by atoms with Crippen LogP contribution >= 0.6 is 11.3 Å². The molecule has 16 heavy (non-hydrogen) atoms. The monoisotopic (exact) mass is 241 g/mol. The van der Waals surface area contributed by atoms with Crippen LogP contribution in [0.2, 0.25) is 0 Å². The first-order valence-corrected chi connectivity index (χ1v) is 6.51. The Bertz CT molecular complexity index is 336. The molecule has 3 nitrogen and oxygen atoms in total. The van der Waals surface area contributed by atoms with Crippen molar-refractivity contribution < 1.29 is 9.90 Å². The molecule has 0 spiro atoms. The molecule has 2 N–H and O–H groups in total. The van der Waals surface area contributed by atoms with Gasteiger partial charge in [0.2, 0.25) is 0 Å². The Hall–Kier alpha value is -0.870. The van der Waals surface area contributed by atoms with Gasteiger partial charge in [-0.1, -0.05) is 6.92 Å². The van der Waals surface area contributed by atoms with E-state index in [4.69, 9.17) is 5.11 Å². The van der Waals surface area contributed by atoms with Crippen LogP contribution in [0.1, 0.15) is 37.1 Å². The summed E-state index contributed by atoms with van der Waals surface area (Å²) in [5, 5.41) is 14.0. The summed E-state index contributed by atoms with van der Waals surface area (Å²) in [6, 6.07) is 2.41. The average Bonchev–Trinajstić information content (AvgIpc) is 2.70. The highest BCUT2D eigenvalue weighted by molar-refractivity contribution is 7.10. The van der Waals surface area contributed by atoms with Crippen molar-refractivity contribution >= 4 is 17.3 Å². The van der Waals surface area contributed by atoms with Gasteiger partial charge < -0.3 is 10.4 Å². The molecular weight excluding hydrogens is 222 g/mol. The van der Waals surface area contributed by atoms with Gasteiger partial charge in [-0.15, -0.1) is 11.3 Å². The lowest BCUT2D eigenvalue weighted by atomic mass is 10.1. The lowest BCUT2D eigenvalue weighted by Crippen LogP contribution is -2.26. The molecule has 0 amide bonds. The second-order valence-corrected chi connectivity index (χ2v) is 4.94. The lowest BCUT2D eigenvalue weighted by molar-refractivity contribution is -0.137. The van der Waals surface area contributed by atoms with E-state index in [1.54, 1.807) is 11.3 Å². The van der Waals surface area contributed by atoms with Crippen LogP contribution in [0.25, 0.3) is 0 Å². The van der Waals surface area contributed by atoms with Crippen molar-refractivity contribution in [3.63, 3.8) is 0 Å². The van der Waals surface area contributed by atoms with Crippen LogP contribution in [-0.4, -0.2) is 17.1 Å². The van der Waals surface area contributed by atoms with E-state index >= 15 is 0 Å². The predicted octanol–water partition coefficient (Wildman–Crippen LogP) is 2.65. The fraction of sp³-hybridized carbons (Fsp3) is 0.583.